The van der Waals surface area contributed by atoms with E-state index in [1.165, 1.54) is 0 Å². The van der Waals surface area contributed by atoms with E-state index in [1.54, 1.807) is 23.9 Å². The van der Waals surface area contributed by atoms with Crippen molar-refractivity contribution in [2.75, 3.05) is 0 Å². The Labute approximate surface area is 148 Å². The van der Waals surface area contributed by atoms with Gasteiger partial charge in [0.25, 0.3) is 0 Å². The van der Waals surface area contributed by atoms with Crippen molar-refractivity contribution >= 4 is 25.1 Å². The third-order valence-electron chi connectivity index (χ3n) is 2.61. The fourth-order valence-corrected chi connectivity index (χ4v) is 1.65. The molecule has 0 aliphatic rings. The molecular formula is C20H20N2OS. The zero-order chi connectivity index (χ0) is 17.3. The molecule has 1 N–H and O–H groups in total. The molecule has 0 aromatic carbocycles. The van der Waals surface area contributed by atoms with E-state index in [4.69, 9.17) is 0 Å². The van der Waals surface area contributed by atoms with Crippen molar-refractivity contribution in [1.82, 2.24) is 10.3 Å². The number of pyridine rings is 1. The molecule has 0 atom stereocenters. The lowest BCUT2D eigenvalue weighted by Gasteiger charge is -1.93. The average Bonchev–Trinajstić information content (AvgIpc) is 2.62. The summed E-state index contributed by atoms with van der Waals surface area (Å²) in [6.45, 7) is 0. The summed E-state index contributed by atoms with van der Waals surface area (Å²) in [6, 6.07) is 5.78. The van der Waals surface area contributed by atoms with Gasteiger partial charge in [-0.25, -0.2) is 0 Å². The van der Waals surface area contributed by atoms with Crippen molar-refractivity contribution in [2.45, 2.75) is 0 Å². The molecule has 122 valence electrons. The lowest BCUT2D eigenvalue weighted by molar-refractivity contribution is -0.108. The zero-order valence-corrected chi connectivity index (χ0v) is 14.1. The number of carbonyl (C=O) groups is 1. The molecule has 1 amide bonds. The van der Waals surface area contributed by atoms with Crippen LogP contribution in [0.2, 0.25) is 0 Å². The maximum Gasteiger partial charge on any atom is 0.211 e. The molecule has 0 bridgehead atoms. The number of allylic oxidation sites excluding steroid dienone is 11. The molecule has 0 saturated carbocycles. The highest BCUT2D eigenvalue weighted by Crippen LogP contribution is 2.05. The smallest absolute Gasteiger partial charge is 0.211 e. The Morgan fingerprint density at radius 2 is 1.83 bits per heavy atom. The number of rotatable bonds is 9. The Morgan fingerprint density at radius 3 is 2.58 bits per heavy atom. The number of thiol groups is 1. The van der Waals surface area contributed by atoms with Crippen LogP contribution < -0.4 is 5.32 Å². The van der Waals surface area contributed by atoms with Gasteiger partial charge in [0.15, 0.2) is 0 Å². The summed E-state index contributed by atoms with van der Waals surface area (Å²) >= 11 is 4.01. The minimum atomic E-state index is 0.620. The second kappa shape index (κ2) is 13.8. The number of hydrogen-bond donors (Lipinski definition) is 2. The molecule has 0 saturated heterocycles. The second-order valence-corrected chi connectivity index (χ2v) is 4.67. The molecule has 3 nitrogen and oxygen atoms in total. The molecule has 1 aromatic rings. The van der Waals surface area contributed by atoms with Gasteiger partial charge in [-0.05, 0) is 35.3 Å². The second-order valence-electron chi connectivity index (χ2n) is 4.37. The highest BCUT2D eigenvalue weighted by Gasteiger charge is 1.87. The molecular weight excluding hydrogens is 316 g/mol. The molecule has 0 fully saturated rings. The van der Waals surface area contributed by atoms with Crippen molar-refractivity contribution < 1.29 is 4.79 Å². The van der Waals surface area contributed by atoms with Crippen LogP contribution in [-0.2, 0) is 4.79 Å². The molecule has 0 spiro atoms. The Bertz CT molecular complexity index is 681. The molecule has 0 unspecified atom stereocenters. The van der Waals surface area contributed by atoms with Gasteiger partial charge in [-0.15, -0.1) is 0 Å². The fraction of sp³-hybridized carbons (Fsp3) is 0. The molecule has 1 rings (SSSR count). The average molecular weight is 336 g/mol. The maximum absolute atomic E-state index is 10.1. The molecule has 4 heteroatoms. The molecule has 0 aliphatic heterocycles. The Kier molecular flexibility index (Phi) is 11.0. The van der Waals surface area contributed by atoms with Gasteiger partial charge in [0.1, 0.15) is 0 Å². The standard InChI is InChI=1S/C20H20N2OS/c23-18-21-15-7-2-1-4-10-19(11-5-3-9-17-24)13-14-20-12-6-8-16-22-20/h1-18,24H,(H,21,23)/b2-1-,5-3+,10-4+,14-13+,15-7+,17-9-,19-11-. The number of carbonyl (C=O) groups excluding carboxylic acids is 1. The minimum Gasteiger partial charge on any atom is -0.335 e. The summed E-state index contributed by atoms with van der Waals surface area (Å²) in [7, 11) is 0. The number of nitrogens with one attached hydrogen (secondary N) is 1. The molecule has 1 aromatic heterocycles. The van der Waals surface area contributed by atoms with Crippen LogP contribution in [0.4, 0.5) is 0 Å². The van der Waals surface area contributed by atoms with E-state index in [0.717, 1.165) is 11.3 Å². The Balaban J connectivity index is 2.77. The lowest BCUT2D eigenvalue weighted by Crippen LogP contribution is -1.97. The first-order valence-electron chi connectivity index (χ1n) is 7.33. The van der Waals surface area contributed by atoms with E-state index >= 15 is 0 Å². The van der Waals surface area contributed by atoms with Crippen LogP contribution in [0.3, 0.4) is 0 Å². The van der Waals surface area contributed by atoms with Crippen LogP contribution in [0.15, 0.2) is 102 Å². The van der Waals surface area contributed by atoms with Gasteiger partial charge < -0.3 is 5.32 Å². The highest BCUT2D eigenvalue weighted by molar-refractivity contribution is 7.83. The van der Waals surface area contributed by atoms with Crippen LogP contribution in [0.1, 0.15) is 5.69 Å². The van der Waals surface area contributed by atoms with Gasteiger partial charge in [0, 0.05) is 12.4 Å². The van der Waals surface area contributed by atoms with Crippen LogP contribution in [0.25, 0.3) is 6.08 Å². The molecule has 0 radical (unpaired) electrons. The summed E-state index contributed by atoms with van der Waals surface area (Å²) in [5.41, 5.74) is 1.92. The van der Waals surface area contributed by atoms with Crippen LogP contribution in [-0.4, -0.2) is 11.4 Å². The van der Waals surface area contributed by atoms with Crippen LogP contribution in [0.5, 0.6) is 0 Å². The van der Waals surface area contributed by atoms with Gasteiger partial charge in [0.05, 0.1) is 5.69 Å². The summed E-state index contributed by atoms with van der Waals surface area (Å²) in [5, 5.41) is 4.11. The van der Waals surface area contributed by atoms with Gasteiger partial charge in [-0.2, -0.15) is 12.6 Å². The van der Waals surface area contributed by atoms with Crippen molar-refractivity contribution in [2.24, 2.45) is 0 Å². The van der Waals surface area contributed by atoms with E-state index in [0.29, 0.717) is 6.41 Å². The predicted octanol–water partition coefficient (Wildman–Crippen LogP) is 4.39. The highest BCUT2D eigenvalue weighted by atomic mass is 32.1. The summed E-state index contributed by atoms with van der Waals surface area (Å²) in [4.78, 5) is 14.3. The predicted molar refractivity (Wildman–Crippen MR) is 105 cm³/mol. The summed E-state index contributed by atoms with van der Waals surface area (Å²) < 4.78 is 0. The van der Waals surface area contributed by atoms with Crippen molar-refractivity contribution in [3.05, 3.63) is 108 Å². The maximum atomic E-state index is 10.1. The first-order valence-corrected chi connectivity index (χ1v) is 7.85. The van der Waals surface area contributed by atoms with E-state index < -0.39 is 0 Å². The summed E-state index contributed by atoms with van der Waals surface area (Å²) in [6.07, 6.45) is 24.9. The quantitative estimate of drug-likeness (QED) is 0.399. The van der Waals surface area contributed by atoms with Gasteiger partial charge in [-0.1, -0.05) is 60.8 Å². The van der Waals surface area contributed by atoms with Gasteiger partial charge >= 0.3 is 0 Å². The first-order chi connectivity index (χ1) is 11.9. The minimum absolute atomic E-state index is 0.620. The summed E-state index contributed by atoms with van der Waals surface area (Å²) in [5.74, 6) is 0. The Morgan fingerprint density at radius 1 is 1.00 bits per heavy atom. The van der Waals surface area contributed by atoms with Crippen molar-refractivity contribution in [3.8, 4) is 0 Å². The molecule has 24 heavy (non-hydrogen) atoms. The number of hydrogen-bond acceptors (Lipinski definition) is 3. The third kappa shape index (κ3) is 9.97. The number of aromatic nitrogens is 1. The normalized spacial score (nSPS) is 13.5. The zero-order valence-electron chi connectivity index (χ0n) is 13.2. The van der Waals surface area contributed by atoms with E-state index in [-0.39, 0.29) is 0 Å². The third-order valence-corrected chi connectivity index (χ3v) is 2.79. The van der Waals surface area contributed by atoms with E-state index in [9.17, 15) is 4.79 Å². The first kappa shape index (κ1) is 19.2. The SMILES string of the molecule is O=CN\C=C\C=C/C=C/C(=C/C=C/C=C\S)/C=C/c1ccccn1. The van der Waals surface area contributed by atoms with Crippen molar-refractivity contribution in [3.63, 3.8) is 0 Å². The van der Waals surface area contributed by atoms with Gasteiger partial charge in [-0.3, -0.25) is 9.78 Å². The van der Waals surface area contributed by atoms with Crippen molar-refractivity contribution in [1.29, 1.82) is 0 Å². The molecule has 1 heterocycles. The lowest BCUT2D eigenvalue weighted by atomic mass is 10.2. The molecule has 0 aliphatic carbocycles. The van der Waals surface area contributed by atoms with E-state index in [1.807, 2.05) is 79.0 Å². The number of nitrogens with zero attached hydrogens (tertiary/aromatic N) is 1. The Hall–Kier alpha value is -2.85. The number of amides is 1. The topological polar surface area (TPSA) is 42.0 Å². The van der Waals surface area contributed by atoms with E-state index in [2.05, 4.69) is 22.9 Å². The largest absolute Gasteiger partial charge is 0.335 e. The van der Waals surface area contributed by atoms with Crippen LogP contribution >= 0.6 is 12.6 Å². The fourth-order valence-electron chi connectivity index (χ4n) is 1.55. The van der Waals surface area contributed by atoms with Crippen LogP contribution in [0, 0.1) is 0 Å². The van der Waals surface area contributed by atoms with Gasteiger partial charge in [0.2, 0.25) is 6.41 Å². The monoisotopic (exact) mass is 336 g/mol.